The Morgan fingerprint density at radius 2 is 1.64 bits per heavy atom. The lowest BCUT2D eigenvalue weighted by Gasteiger charge is -2.04. The molecule has 0 saturated heterocycles. The highest BCUT2D eigenvalue weighted by Gasteiger charge is 2.18. The summed E-state index contributed by atoms with van der Waals surface area (Å²) in [6.07, 6.45) is 0. The molecule has 3 aromatic rings. The Balaban J connectivity index is 1.64. The lowest BCUT2D eigenvalue weighted by molar-refractivity contribution is 0.0600. The van der Waals surface area contributed by atoms with Crippen LogP contribution < -0.4 is 9.47 Å². The van der Waals surface area contributed by atoms with Crippen LogP contribution in [0.5, 0.6) is 11.5 Å². The summed E-state index contributed by atoms with van der Waals surface area (Å²) < 4.78 is 28.4. The van der Waals surface area contributed by atoms with Crippen LogP contribution in [-0.2, 0) is 11.3 Å². The Kier molecular flexibility index (Phi) is 6.00. The van der Waals surface area contributed by atoms with Gasteiger partial charge in [0.15, 0.2) is 0 Å². The van der Waals surface area contributed by atoms with E-state index in [-0.39, 0.29) is 12.4 Å². The Morgan fingerprint density at radius 1 is 1.00 bits per heavy atom. The third-order valence-electron chi connectivity index (χ3n) is 3.69. The van der Waals surface area contributed by atoms with E-state index in [1.54, 1.807) is 6.92 Å². The minimum Gasteiger partial charge on any atom is -0.486 e. The van der Waals surface area contributed by atoms with Crippen molar-refractivity contribution in [3.8, 4) is 11.5 Å². The Morgan fingerprint density at radius 3 is 2.29 bits per heavy atom. The fourth-order valence-corrected chi connectivity index (χ4v) is 3.16. The highest BCUT2D eigenvalue weighted by Crippen LogP contribution is 2.23. The van der Waals surface area contributed by atoms with Crippen molar-refractivity contribution < 1.29 is 28.2 Å². The summed E-state index contributed by atoms with van der Waals surface area (Å²) in [5.41, 5.74) is 0.885. The SMILES string of the molecule is COC(=O)c1ccc(OC(=O)c2sc(COc3ccc(F)cc3)nc2C)cc1. The Bertz CT molecular complexity index is 983. The number of carbonyl (C=O) groups is 2. The van der Waals surface area contributed by atoms with Crippen molar-refractivity contribution in [2.75, 3.05) is 7.11 Å². The summed E-state index contributed by atoms with van der Waals surface area (Å²) in [5, 5.41) is 0.592. The van der Waals surface area contributed by atoms with Gasteiger partial charge in [0.05, 0.1) is 18.4 Å². The number of halogens is 1. The number of ether oxygens (including phenoxy) is 3. The van der Waals surface area contributed by atoms with Crippen LogP contribution in [-0.4, -0.2) is 24.0 Å². The standard InChI is InChI=1S/C20H16FNO5S/c1-12-18(20(24)27-16-7-3-13(4-8-16)19(23)25-2)28-17(22-12)11-26-15-9-5-14(21)6-10-15/h3-10H,11H2,1-2H3. The summed E-state index contributed by atoms with van der Waals surface area (Å²) in [5.74, 6) is -0.559. The normalized spacial score (nSPS) is 10.4. The number of aryl methyl sites for hydroxylation is 1. The minimum absolute atomic E-state index is 0.151. The second-order valence-corrected chi connectivity index (χ2v) is 6.75. The molecule has 0 atom stereocenters. The summed E-state index contributed by atoms with van der Waals surface area (Å²) in [4.78, 5) is 28.5. The van der Waals surface area contributed by atoms with Crippen molar-refractivity contribution in [1.82, 2.24) is 4.98 Å². The molecule has 6 nitrogen and oxygen atoms in total. The zero-order valence-corrected chi connectivity index (χ0v) is 15.9. The molecule has 3 rings (SSSR count). The van der Waals surface area contributed by atoms with E-state index >= 15 is 0 Å². The molecule has 0 amide bonds. The zero-order chi connectivity index (χ0) is 20.1. The number of nitrogens with zero attached hydrogens (tertiary/aromatic N) is 1. The van der Waals surface area contributed by atoms with Crippen LogP contribution in [0.25, 0.3) is 0 Å². The summed E-state index contributed by atoms with van der Waals surface area (Å²) >= 11 is 1.16. The molecule has 0 bridgehead atoms. The Labute approximate surface area is 164 Å². The first-order chi connectivity index (χ1) is 13.5. The van der Waals surface area contributed by atoms with Gasteiger partial charge in [-0.25, -0.2) is 19.0 Å². The molecule has 0 radical (unpaired) electrons. The smallest absolute Gasteiger partial charge is 0.355 e. The third kappa shape index (κ3) is 4.72. The van der Waals surface area contributed by atoms with E-state index in [2.05, 4.69) is 9.72 Å². The van der Waals surface area contributed by atoms with E-state index in [0.717, 1.165) is 11.3 Å². The predicted octanol–water partition coefficient (Wildman–Crippen LogP) is 4.18. The molecule has 0 aliphatic heterocycles. The quantitative estimate of drug-likeness (QED) is 0.456. The van der Waals surface area contributed by atoms with Gasteiger partial charge < -0.3 is 14.2 Å². The first-order valence-corrected chi connectivity index (χ1v) is 9.03. The molecule has 2 aromatic carbocycles. The maximum Gasteiger partial charge on any atom is 0.355 e. The molecule has 0 saturated carbocycles. The van der Waals surface area contributed by atoms with Gasteiger partial charge >= 0.3 is 11.9 Å². The molecule has 8 heteroatoms. The second-order valence-electron chi connectivity index (χ2n) is 5.67. The van der Waals surface area contributed by atoms with Gasteiger partial charge in [0.1, 0.15) is 33.8 Å². The summed E-state index contributed by atoms with van der Waals surface area (Å²) in [7, 11) is 1.29. The van der Waals surface area contributed by atoms with Crippen molar-refractivity contribution in [2.24, 2.45) is 0 Å². The predicted molar refractivity (Wildman–Crippen MR) is 100 cm³/mol. The van der Waals surface area contributed by atoms with Crippen LogP contribution in [0, 0.1) is 12.7 Å². The first kappa shape index (κ1) is 19.5. The number of rotatable bonds is 6. The number of benzene rings is 2. The highest BCUT2D eigenvalue weighted by molar-refractivity contribution is 7.13. The molecule has 0 N–H and O–H groups in total. The molecule has 0 aliphatic carbocycles. The van der Waals surface area contributed by atoms with Crippen LogP contribution in [0.15, 0.2) is 48.5 Å². The van der Waals surface area contributed by atoms with E-state index in [1.807, 2.05) is 0 Å². The zero-order valence-electron chi connectivity index (χ0n) is 15.1. The van der Waals surface area contributed by atoms with Crippen molar-refractivity contribution in [3.63, 3.8) is 0 Å². The molecule has 1 aromatic heterocycles. The number of hydrogen-bond acceptors (Lipinski definition) is 7. The van der Waals surface area contributed by atoms with Crippen molar-refractivity contribution in [3.05, 3.63) is 75.5 Å². The van der Waals surface area contributed by atoms with Gasteiger partial charge in [0.2, 0.25) is 0 Å². The molecule has 0 fully saturated rings. The highest BCUT2D eigenvalue weighted by atomic mass is 32.1. The summed E-state index contributed by atoms with van der Waals surface area (Å²) in [6, 6.07) is 11.7. The topological polar surface area (TPSA) is 74.7 Å². The lowest BCUT2D eigenvalue weighted by Crippen LogP contribution is -2.08. The average molecular weight is 401 g/mol. The van der Waals surface area contributed by atoms with Crippen molar-refractivity contribution >= 4 is 23.3 Å². The largest absolute Gasteiger partial charge is 0.486 e. The van der Waals surface area contributed by atoms with Gasteiger partial charge in [-0.15, -0.1) is 11.3 Å². The number of methoxy groups -OCH3 is 1. The number of thiazole rings is 1. The van der Waals surface area contributed by atoms with Crippen molar-refractivity contribution in [2.45, 2.75) is 13.5 Å². The number of esters is 2. The van der Waals surface area contributed by atoms with Gasteiger partial charge in [-0.05, 0) is 55.5 Å². The number of carbonyl (C=O) groups excluding carboxylic acids is 2. The Hall–Kier alpha value is -3.26. The second kappa shape index (κ2) is 8.62. The van der Waals surface area contributed by atoms with Gasteiger partial charge in [-0.3, -0.25) is 0 Å². The maximum absolute atomic E-state index is 12.9. The molecule has 1 heterocycles. The van der Waals surface area contributed by atoms with E-state index in [1.165, 1.54) is 55.6 Å². The fraction of sp³-hybridized carbons (Fsp3) is 0.150. The van der Waals surface area contributed by atoms with E-state index in [9.17, 15) is 14.0 Å². The minimum atomic E-state index is -0.547. The molecule has 0 spiro atoms. The number of hydrogen-bond donors (Lipinski definition) is 0. The molecule has 0 aliphatic rings. The van der Waals surface area contributed by atoms with Gasteiger partial charge in [-0.2, -0.15) is 0 Å². The van der Waals surface area contributed by atoms with Gasteiger partial charge in [-0.1, -0.05) is 0 Å². The molecular weight excluding hydrogens is 385 g/mol. The van der Waals surface area contributed by atoms with Gasteiger partial charge in [0.25, 0.3) is 0 Å². The molecule has 0 unspecified atom stereocenters. The van der Waals surface area contributed by atoms with E-state index < -0.39 is 11.9 Å². The average Bonchev–Trinajstić information content (AvgIpc) is 3.08. The van der Waals surface area contributed by atoms with Crippen LogP contribution in [0.2, 0.25) is 0 Å². The molecular formula is C20H16FNO5S. The summed E-state index contributed by atoms with van der Waals surface area (Å²) in [6.45, 7) is 1.85. The van der Waals surface area contributed by atoms with Crippen LogP contribution in [0.3, 0.4) is 0 Å². The van der Waals surface area contributed by atoms with E-state index in [0.29, 0.717) is 32.6 Å². The lowest BCUT2D eigenvalue weighted by atomic mass is 10.2. The molecule has 144 valence electrons. The molecule has 28 heavy (non-hydrogen) atoms. The van der Waals surface area contributed by atoms with E-state index in [4.69, 9.17) is 9.47 Å². The van der Waals surface area contributed by atoms with Crippen molar-refractivity contribution in [1.29, 1.82) is 0 Å². The third-order valence-corrected chi connectivity index (χ3v) is 4.80. The van der Waals surface area contributed by atoms with Gasteiger partial charge in [0, 0.05) is 0 Å². The van der Waals surface area contributed by atoms with Crippen LogP contribution >= 0.6 is 11.3 Å². The van der Waals surface area contributed by atoms with Crippen LogP contribution in [0.1, 0.15) is 30.7 Å². The number of aromatic nitrogens is 1. The first-order valence-electron chi connectivity index (χ1n) is 8.21. The monoisotopic (exact) mass is 401 g/mol. The fourth-order valence-electron chi connectivity index (χ4n) is 2.31. The maximum atomic E-state index is 12.9. The van der Waals surface area contributed by atoms with Crippen LogP contribution in [0.4, 0.5) is 4.39 Å².